The maximum absolute atomic E-state index is 13.5. The van der Waals surface area contributed by atoms with Gasteiger partial charge < -0.3 is 24.8 Å². The van der Waals surface area contributed by atoms with E-state index >= 15 is 0 Å². The average molecular weight is 497 g/mol. The summed E-state index contributed by atoms with van der Waals surface area (Å²) in [6.45, 7) is 3.10. The molecule has 1 spiro atoms. The van der Waals surface area contributed by atoms with E-state index in [1.54, 1.807) is 0 Å². The minimum Gasteiger partial charge on any atom is -0.472 e. The number of nitrogens with zero attached hydrogens (tertiary/aromatic N) is 3. The highest BCUT2D eigenvalue weighted by Gasteiger charge is 2.50. The zero-order valence-electron chi connectivity index (χ0n) is 20.9. The summed E-state index contributed by atoms with van der Waals surface area (Å²) in [4.78, 5) is 33.1. The van der Waals surface area contributed by atoms with Crippen LogP contribution < -0.4 is 15.0 Å². The highest BCUT2D eigenvalue weighted by atomic mass is 16.5. The van der Waals surface area contributed by atoms with E-state index < -0.39 is 5.54 Å². The number of likely N-dealkylation sites (tertiary alicyclic amines) is 1. The lowest BCUT2D eigenvalue weighted by Gasteiger charge is -2.45. The molecule has 37 heavy (non-hydrogen) atoms. The highest BCUT2D eigenvalue weighted by Crippen LogP contribution is 2.36. The third kappa shape index (κ3) is 4.44. The monoisotopic (exact) mass is 496 g/mol. The van der Waals surface area contributed by atoms with E-state index in [0.29, 0.717) is 18.0 Å². The Bertz CT molecular complexity index is 1260. The van der Waals surface area contributed by atoms with Gasteiger partial charge in [-0.3, -0.25) is 9.59 Å². The van der Waals surface area contributed by atoms with Gasteiger partial charge in [-0.2, -0.15) is 0 Å². The minimum atomic E-state index is -0.518. The second kappa shape index (κ2) is 9.90. The molecule has 3 heterocycles. The Hall–Kier alpha value is -3.84. The predicted octanol–water partition coefficient (Wildman–Crippen LogP) is 3.52. The number of hydrogen-bond donors (Lipinski definition) is 1. The first kappa shape index (κ1) is 23.6. The number of para-hydroxylation sites is 2. The Kier molecular flexibility index (Phi) is 6.30. The molecule has 3 aromatic rings. The number of carbonyl (C=O) groups excluding carboxylic acids is 2. The first-order valence-electron chi connectivity index (χ1n) is 13.0. The minimum absolute atomic E-state index is 0.0154. The molecule has 0 unspecified atom stereocenters. The van der Waals surface area contributed by atoms with Crippen LogP contribution in [0.2, 0.25) is 0 Å². The Morgan fingerprint density at radius 1 is 0.865 bits per heavy atom. The molecule has 0 saturated carbocycles. The van der Waals surface area contributed by atoms with Gasteiger partial charge in [-0.15, -0.1) is 0 Å². The van der Waals surface area contributed by atoms with Gasteiger partial charge in [-0.05, 0) is 49.1 Å². The van der Waals surface area contributed by atoms with Crippen LogP contribution in [-0.2, 0) is 11.2 Å². The van der Waals surface area contributed by atoms with E-state index in [1.165, 1.54) is 5.56 Å². The molecule has 2 amide bonds. The van der Waals surface area contributed by atoms with Crippen molar-refractivity contribution in [3.8, 4) is 5.75 Å². The van der Waals surface area contributed by atoms with Gasteiger partial charge in [-0.25, -0.2) is 0 Å². The van der Waals surface area contributed by atoms with Crippen molar-refractivity contribution >= 4 is 17.5 Å². The topological polar surface area (TPSA) is 65.1 Å². The molecular formula is C30H32N4O3. The quantitative estimate of drug-likeness (QED) is 0.566. The third-order valence-electron chi connectivity index (χ3n) is 8.05. The summed E-state index contributed by atoms with van der Waals surface area (Å²) >= 11 is 0. The number of hydrogen-bond acceptors (Lipinski definition) is 5. The lowest BCUT2D eigenvalue weighted by molar-refractivity contribution is -0.125. The molecule has 2 saturated heterocycles. The maximum Gasteiger partial charge on any atom is 0.260 e. The number of carbonyl (C=O) groups is 2. The Morgan fingerprint density at radius 3 is 2.30 bits per heavy atom. The lowest BCUT2D eigenvalue weighted by Crippen LogP contribution is -2.58. The summed E-state index contributed by atoms with van der Waals surface area (Å²) < 4.78 is 5.99. The predicted molar refractivity (Wildman–Crippen MR) is 142 cm³/mol. The second-order valence-corrected chi connectivity index (χ2v) is 10.1. The largest absolute Gasteiger partial charge is 0.472 e. The van der Waals surface area contributed by atoms with Crippen LogP contribution in [0.3, 0.4) is 0 Å². The fraction of sp³-hybridized carbons (Fsp3) is 0.333. The van der Waals surface area contributed by atoms with Crippen molar-refractivity contribution < 1.29 is 14.3 Å². The normalized spacial score (nSPS) is 19.9. The van der Waals surface area contributed by atoms with Crippen molar-refractivity contribution in [1.29, 1.82) is 0 Å². The molecule has 0 aromatic heterocycles. The van der Waals surface area contributed by atoms with E-state index in [0.717, 1.165) is 44.6 Å². The molecule has 3 aliphatic rings. The third-order valence-corrected chi connectivity index (χ3v) is 8.05. The number of nitrogens with one attached hydrogen (secondary N) is 1. The maximum atomic E-state index is 13.5. The van der Waals surface area contributed by atoms with Crippen molar-refractivity contribution in [2.45, 2.75) is 30.8 Å². The number of rotatable bonds is 6. The molecule has 1 atom stereocenters. The van der Waals surface area contributed by atoms with Crippen LogP contribution in [0.15, 0.2) is 84.9 Å². The van der Waals surface area contributed by atoms with Crippen molar-refractivity contribution in [1.82, 2.24) is 15.1 Å². The van der Waals surface area contributed by atoms with Crippen molar-refractivity contribution in [3.63, 3.8) is 0 Å². The first-order valence-corrected chi connectivity index (χ1v) is 13.0. The number of fused-ring (bicyclic) bond motifs is 1. The molecule has 2 fully saturated rings. The molecule has 3 aromatic carbocycles. The van der Waals surface area contributed by atoms with Crippen molar-refractivity contribution in [2.75, 3.05) is 37.9 Å². The number of ether oxygens (including phenoxy) is 1. The summed E-state index contributed by atoms with van der Waals surface area (Å²) in [6, 6.07) is 27.9. The highest BCUT2D eigenvalue weighted by molar-refractivity contribution is 5.98. The van der Waals surface area contributed by atoms with E-state index in [1.807, 2.05) is 65.6 Å². The molecule has 6 rings (SSSR count). The molecule has 1 N–H and O–H groups in total. The van der Waals surface area contributed by atoms with Gasteiger partial charge in [0.05, 0.1) is 18.3 Å². The fourth-order valence-electron chi connectivity index (χ4n) is 5.99. The molecule has 0 aliphatic carbocycles. The van der Waals surface area contributed by atoms with Crippen molar-refractivity contribution in [3.05, 3.63) is 96.1 Å². The van der Waals surface area contributed by atoms with Crippen LogP contribution in [0.4, 0.5) is 5.69 Å². The van der Waals surface area contributed by atoms with E-state index in [-0.39, 0.29) is 24.6 Å². The van der Waals surface area contributed by atoms with Gasteiger partial charge in [0, 0.05) is 25.3 Å². The summed E-state index contributed by atoms with van der Waals surface area (Å²) in [7, 11) is 0. The standard InChI is InChI=1S/C30H32N4O3/c35-28-26-13-7-8-14-27(26)37-22-33(28)25(19-23-9-3-1-4-10-23)20-32-17-15-30(16-18-32)29(36)31-21-34(30)24-11-5-2-6-12-24/h1-14,25H,15-22H2,(H,31,36)/t25-/m0/s1. The van der Waals surface area contributed by atoms with Gasteiger partial charge in [0.2, 0.25) is 5.91 Å². The fourth-order valence-corrected chi connectivity index (χ4v) is 5.99. The Balaban J connectivity index is 1.20. The zero-order chi connectivity index (χ0) is 25.2. The van der Waals surface area contributed by atoms with Gasteiger partial charge in [0.25, 0.3) is 5.91 Å². The number of benzene rings is 3. The molecule has 7 heteroatoms. The SMILES string of the molecule is O=C1c2ccccc2OCN1[C@@H](Cc1ccccc1)CN1CCC2(CC1)C(=O)NCN2c1ccccc1. The number of amides is 2. The van der Waals surface area contributed by atoms with E-state index in [4.69, 9.17) is 4.74 Å². The van der Waals surface area contributed by atoms with Gasteiger partial charge in [-0.1, -0.05) is 60.7 Å². The Labute approximate surface area is 217 Å². The average Bonchev–Trinajstić information content (AvgIpc) is 3.26. The van der Waals surface area contributed by atoms with Crippen LogP contribution in [0.25, 0.3) is 0 Å². The molecule has 7 nitrogen and oxygen atoms in total. The van der Waals surface area contributed by atoms with Crippen LogP contribution in [0, 0.1) is 0 Å². The zero-order valence-corrected chi connectivity index (χ0v) is 20.9. The van der Waals surface area contributed by atoms with Crippen LogP contribution in [-0.4, -0.2) is 66.2 Å². The number of piperidine rings is 1. The van der Waals surface area contributed by atoms with E-state index in [9.17, 15) is 9.59 Å². The van der Waals surface area contributed by atoms with E-state index in [2.05, 4.69) is 39.4 Å². The van der Waals surface area contributed by atoms with Gasteiger partial charge in [0.1, 0.15) is 11.3 Å². The lowest BCUT2D eigenvalue weighted by atomic mass is 9.85. The molecule has 0 bridgehead atoms. The number of anilines is 1. The summed E-state index contributed by atoms with van der Waals surface area (Å²) in [5.74, 6) is 0.783. The smallest absolute Gasteiger partial charge is 0.260 e. The van der Waals surface area contributed by atoms with Gasteiger partial charge in [0.15, 0.2) is 6.73 Å². The summed E-state index contributed by atoms with van der Waals surface area (Å²) in [5, 5.41) is 3.08. The summed E-state index contributed by atoms with van der Waals surface area (Å²) in [5.41, 5.74) is 2.37. The molecular weight excluding hydrogens is 464 g/mol. The molecule has 3 aliphatic heterocycles. The first-order chi connectivity index (χ1) is 18.1. The molecule has 190 valence electrons. The summed E-state index contributed by atoms with van der Waals surface area (Å²) in [6.07, 6.45) is 2.24. The van der Waals surface area contributed by atoms with Crippen LogP contribution >= 0.6 is 0 Å². The second-order valence-electron chi connectivity index (χ2n) is 10.1. The van der Waals surface area contributed by atoms with Crippen LogP contribution in [0.5, 0.6) is 5.75 Å². The Morgan fingerprint density at radius 2 is 1.54 bits per heavy atom. The van der Waals surface area contributed by atoms with Crippen molar-refractivity contribution in [2.24, 2.45) is 0 Å². The van der Waals surface area contributed by atoms with Crippen LogP contribution in [0.1, 0.15) is 28.8 Å². The molecule has 0 radical (unpaired) electrons. The van der Waals surface area contributed by atoms with Gasteiger partial charge >= 0.3 is 0 Å².